The molecule has 1 aromatic heterocycles. The molecule has 1 saturated carbocycles. The molecule has 6 heteroatoms. The minimum atomic E-state index is 0.105. The van der Waals surface area contributed by atoms with Gasteiger partial charge < -0.3 is 4.90 Å². The number of likely N-dealkylation sites (tertiary alicyclic amines) is 2. The van der Waals surface area contributed by atoms with Crippen LogP contribution in [0.2, 0.25) is 0 Å². The zero-order valence-corrected chi connectivity index (χ0v) is 15.2. The fraction of sp³-hybridized carbons (Fsp3) is 0.550. The maximum absolute atomic E-state index is 12.4. The Morgan fingerprint density at radius 2 is 2.00 bits per heavy atom. The van der Waals surface area contributed by atoms with Gasteiger partial charge >= 0.3 is 0 Å². The molecule has 1 unspecified atom stereocenters. The van der Waals surface area contributed by atoms with Gasteiger partial charge in [-0.05, 0) is 25.3 Å². The Bertz CT molecular complexity index is 807. The van der Waals surface area contributed by atoms with E-state index in [0.29, 0.717) is 17.7 Å². The third-order valence-electron chi connectivity index (χ3n) is 6.14. The predicted octanol–water partition coefficient (Wildman–Crippen LogP) is 1.95. The first-order valence-corrected chi connectivity index (χ1v) is 9.57. The summed E-state index contributed by atoms with van der Waals surface area (Å²) in [6.45, 7) is 6.56. The maximum Gasteiger partial charge on any atom is 0.225 e. The van der Waals surface area contributed by atoms with Crippen LogP contribution >= 0.6 is 0 Å². The number of H-pyrrole nitrogens is 1. The first-order chi connectivity index (χ1) is 12.6. The molecule has 3 aliphatic rings. The molecule has 0 radical (unpaired) electrons. The Morgan fingerprint density at radius 1 is 1.23 bits per heavy atom. The van der Waals surface area contributed by atoms with Crippen LogP contribution in [0.1, 0.15) is 36.0 Å². The van der Waals surface area contributed by atoms with Crippen LogP contribution in [-0.4, -0.2) is 57.1 Å². The molecule has 2 saturated heterocycles. The summed E-state index contributed by atoms with van der Waals surface area (Å²) in [5.74, 6) is 2.73. The van der Waals surface area contributed by atoms with Gasteiger partial charge in [0.2, 0.25) is 5.91 Å². The Hall–Kier alpha value is -2.21. The highest BCUT2D eigenvalue weighted by molar-refractivity contribution is 5.82. The number of carbonyl (C=O) groups excluding carboxylic acids is 1. The molecule has 2 aromatic rings. The number of carbonyl (C=O) groups is 1. The zero-order valence-electron chi connectivity index (χ0n) is 15.2. The van der Waals surface area contributed by atoms with Crippen molar-refractivity contribution in [2.24, 2.45) is 11.3 Å². The van der Waals surface area contributed by atoms with Crippen LogP contribution in [0.15, 0.2) is 30.3 Å². The van der Waals surface area contributed by atoms with Gasteiger partial charge in [0.25, 0.3) is 0 Å². The number of amides is 1. The van der Waals surface area contributed by atoms with E-state index in [1.165, 1.54) is 5.56 Å². The van der Waals surface area contributed by atoms with Crippen molar-refractivity contribution in [1.29, 1.82) is 0 Å². The summed E-state index contributed by atoms with van der Waals surface area (Å²) in [5, 5.41) is 7.47. The van der Waals surface area contributed by atoms with Gasteiger partial charge in [0, 0.05) is 50.0 Å². The van der Waals surface area contributed by atoms with Gasteiger partial charge in [-0.3, -0.25) is 14.8 Å². The Kier molecular flexibility index (Phi) is 3.64. The summed E-state index contributed by atoms with van der Waals surface area (Å²) in [6, 6.07) is 10.6. The van der Waals surface area contributed by atoms with Crippen molar-refractivity contribution in [3.63, 3.8) is 0 Å². The molecule has 136 valence electrons. The van der Waals surface area contributed by atoms with Crippen LogP contribution in [0.4, 0.5) is 0 Å². The van der Waals surface area contributed by atoms with E-state index in [4.69, 9.17) is 0 Å². The molecule has 1 spiro atoms. The fourth-order valence-electron chi connectivity index (χ4n) is 4.68. The number of nitrogens with zero attached hydrogens (tertiary/aromatic N) is 4. The minimum absolute atomic E-state index is 0.105. The van der Waals surface area contributed by atoms with Gasteiger partial charge in [0.1, 0.15) is 5.82 Å². The average Bonchev–Trinajstić information content (AvgIpc) is 3.27. The summed E-state index contributed by atoms with van der Waals surface area (Å²) >= 11 is 0. The summed E-state index contributed by atoms with van der Waals surface area (Å²) in [7, 11) is 0. The quantitative estimate of drug-likeness (QED) is 0.914. The standard InChI is InChI=1S/C20H25N5O/c1-14-21-18(23-22-14)17-10-24(9-15-5-3-2-4-6-15)11-20(17)12-25(13-20)19(26)16-7-8-16/h2-6,16-17H,7-13H2,1H3,(H,21,22,23). The summed E-state index contributed by atoms with van der Waals surface area (Å²) in [4.78, 5) is 21.6. The van der Waals surface area contributed by atoms with Crippen molar-refractivity contribution in [2.45, 2.75) is 32.2 Å². The second-order valence-corrected chi connectivity index (χ2v) is 8.32. The Labute approximate surface area is 153 Å². The number of rotatable bonds is 4. The molecule has 3 fully saturated rings. The van der Waals surface area contributed by atoms with Gasteiger partial charge in [-0.15, -0.1) is 0 Å². The molecule has 1 amide bonds. The fourth-order valence-corrected chi connectivity index (χ4v) is 4.68. The van der Waals surface area contributed by atoms with E-state index < -0.39 is 0 Å². The summed E-state index contributed by atoms with van der Waals surface area (Å²) < 4.78 is 0. The molecule has 1 N–H and O–H groups in total. The monoisotopic (exact) mass is 351 g/mol. The number of aryl methyl sites for hydroxylation is 1. The molecule has 3 heterocycles. The molecule has 1 aromatic carbocycles. The lowest BCUT2D eigenvalue weighted by Gasteiger charge is -2.50. The van der Waals surface area contributed by atoms with E-state index >= 15 is 0 Å². The molecule has 1 aliphatic carbocycles. The molecule has 5 rings (SSSR count). The third kappa shape index (κ3) is 2.72. The predicted molar refractivity (Wildman–Crippen MR) is 97.3 cm³/mol. The third-order valence-corrected chi connectivity index (χ3v) is 6.14. The van der Waals surface area contributed by atoms with Crippen LogP contribution < -0.4 is 0 Å². The van der Waals surface area contributed by atoms with Crippen molar-refractivity contribution in [3.8, 4) is 0 Å². The smallest absolute Gasteiger partial charge is 0.225 e. The second kappa shape index (κ2) is 5.91. The van der Waals surface area contributed by atoms with Gasteiger partial charge in [-0.1, -0.05) is 30.3 Å². The first kappa shape index (κ1) is 16.0. The molecule has 2 aliphatic heterocycles. The van der Waals surface area contributed by atoms with E-state index in [1.807, 2.05) is 6.92 Å². The van der Waals surface area contributed by atoms with Crippen LogP contribution in [0.5, 0.6) is 0 Å². The number of nitrogens with one attached hydrogen (secondary N) is 1. The minimum Gasteiger partial charge on any atom is -0.341 e. The Morgan fingerprint density at radius 3 is 2.65 bits per heavy atom. The number of hydrogen-bond acceptors (Lipinski definition) is 4. The van der Waals surface area contributed by atoms with Gasteiger partial charge in [-0.25, -0.2) is 4.98 Å². The van der Waals surface area contributed by atoms with Crippen LogP contribution in [0.25, 0.3) is 0 Å². The van der Waals surface area contributed by atoms with Gasteiger partial charge in [0.05, 0.1) is 0 Å². The van der Waals surface area contributed by atoms with Gasteiger partial charge in [-0.2, -0.15) is 5.10 Å². The van der Waals surface area contributed by atoms with Crippen LogP contribution in [0.3, 0.4) is 0 Å². The van der Waals surface area contributed by atoms with E-state index in [1.54, 1.807) is 0 Å². The van der Waals surface area contributed by atoms with Crippen molar-refractivity contribution in [1.82, 2.24) is 25.0 Å². The molecule has 6 nitrogen and oxygen atoms in total. The zero-order chi connectivity index (χ0) is 17.7. The molecule has 26 heavy (non-hydrogen) atoms. The SMILES string of the molecule is Cc1nc(C2CN(Cc3ccccc3)CC23CN(C(=O)C2CC2)C3)n[nH]1. The highest BCUT2D eigenvalue weighted by Crippen LogP contribution is 2.49. The van der Waals surface area contributed by atoms with Crippen LogP contribution in [0, 0.1) is 18.3 Å². The van der Waals surface area contributed by atoms with Crippen LogP contribution in [-0.2, 0) is 11.3 Å². The van der Waals surface area contributed by atoms with Crippen molar-refractivity contribution in [3.05, 3.63) is 47.5 Å². The number of aromatic amines is 1. The largest absolute Gasteiger partial charge is 0.341 e. The summed E-state index contributed by atoms with van der Waals surface area (Å²) in [6.07, 6.45) is 2.15. The normalized spacial score (nSPS) is 24.8. The lowest BCUT2D eigenvalue weighted by molar-refractivity contribution is -0.145. The molecule has 1 atom stereocenters. The number of aromatic nitrogens is 3. The summed E-state index contributed by atoms with van der Waals surface area (Å²) in [5.41, 5.74) is 1.44. The van der Waals surface area contributed by atoms with E-state index in [0.717, 1.165) is 57.2 Å². The van der Waals surface area contributed by atoms with Crippen molar-refractivity contribution < 1.29 is 4.79 Å². The molecule has 0 bridgehead atoms. The number of benzene rings is 1. The number of hydrogen-bond donors (Lipinski definition) is 1. The van der Waals surface area contributed by atoms with E-state index in [2.05, 4.69) is 55.3 Å². The topological polar surface area (TPSA) is 65.1 Å². The van der Waals surface area contributed by atoms with Crippen molar-refractivity contribution in [2.75, 3.05) is 26.2 Å². The lowest BCUT2D eigenvalue weighted by atomic mass is 9.71. The van der Waals surface area contributed by atoms with Crippen molar-refractivity contribution >= 4 is 5.91 Å². The Balaban J connectivity index is 1.35. The molecular weight excluding hydrogens is 326 g/mol. The first-order valence-electron chi connectivity index (χ1n) is 9.57. The van der Waals surface area contributed by atoms with E-state index in [9.17, 15) is 4.79 Å². The van der Waals surface area contributed by atoms with Gasteiger partial charge in [0.15, 0.2) is 5.82 Å². The van der Waals surface area contributed by atoms with E-state index in [-0.39, 0.29) is 5.41 Å². The highest BCUT2D eigenvalue weighted by Gasteiger charge is 2.57. The second-order valence-electron chi connectivity index (χ2n) is 8.32. The lowest BCUT2D eigenvalue weighted by Crippen LogP contribution is -2.62. The molecular formula is C20H25N5O. The maximum atomic E-state index is 12.4. The average molecular weight is 351 g/mol. The highest BCUT2D eigenvalue weighted by atomic mass is 16.2.